The highest BCUT2D eigenvalue weighted by molar-refractivity contribution is 6.09. The van der Waals surface area contributed by atoms with Gasteiger partial charge in [0.25, 0.3) is 0 Å². The van der Waals surface area contributed by atoms with Crippen molar-refractivity contribution in [2.24, 2.45) is 0 Å². The number of benzene rings is 1. The molecule has 2 aliphatic rings. The maximum absolute atomic E-state index is 13.1. The van der Waals surface area contributed by atoms with Crippen LogP contribution in [0.25, 0.3) is 0 Å². The molecular weight excluding hydrogens is 322 g/mol. The Kier molecular flexibility index (Phi) is 3.49. The summed E-state index contributed by atoms with van der Waals surface area (Å²) in [6, 6.07) is 10.9. The van der Waals surface area contributed by atoms with E-state index in [9.17, 15) is 14.4 Å². The van der Waals surface area contributed by atoms with Gasteiger partial charge in [-0.1, -0.05) is 24.3 Å². The van der Waals surface area contributed by atoms with E-state index < -0.39 is 11.4 Å². The van der Waals surface area contributed by atoms with E-state index in [-0.39, 0.29) is 30.5 Å². The van der Waals surface area contributed by atoms with E-state index in [1.807, 2.05) is 24.3 Å². The van der Waals surface area contributed by atoms with Gasteiger partial charge in [-0.05, 0) is 36.1 Å². The number of carbonyl (C=O) groups is 3. The number of amides is 2. The zero-order valence-corrected chi connectivity index (χ0v) is 13.8. The van der Waals surface area contributed by atoms with Gasteiger partial charge in [0.05, 0.1) is 19.1 Å². The Bertz CT molecular complexity index is 883. The molecule has 1 aromatic carbocycles. The molecule has 4 rings (SSSR count). The van der Waals surface area contributed by atoms with E-state index in [0.29, 0.717) is 12.2 Å². The highest BCUT2D eigenvalue weighted by Gasteiger charge is 2.55. The Balaban J connectivity index is 1.61. The molecule has 0 saturated carbocycles. The summed E-state index contributed by atoms with van der Waals surface area (Å²) in [4.78, 5) is 38.3. The molecule has 0 bridgehead atoms. The number of rotatable bonds is 3. The second-order valence-electron chi connectivity index (χ2n) is 6.46. The maximum Gasteiger partial charge on any atom is 0.373 e. The van der Waals surface area contributed by atoms with Gasteiger partial charge in [-0.3, -0.25) is 14.5 Å². The maximum atomic E-state index is 13.1. The average Bonchev–Trinajstić information content (AvgIpc) is 3.30. The summed E-state index contributed by atoms with van der Waals surface area (Å²) in [5.74, 6) is -0.550. The molecule has 25 heavy (non-hydrogen) atoms. The molecule has 1 saturated heterocycles. The summed E-state index contributed by atoms with van der Waals surface area (Å²) in [6.07, 6.45) is 1.64. The SMILES string of the molecule is COC(=O)c1ccc(CN2C(=O)C[C@]3(CCc4ccccc43)C2=O)o1. The smallest absolute Gasteiger partial charge is 0.373 e. The Morgan fingerprint density at radius 2 is 2.04 bits per heavy atom. The molecule has 2 amide bonds. The first-order valence-corrected chi connectivity index (χ1v) is 8.15. The molecule has 1 aromatic heterocycles. The predicted octanol–water partition coefficient (Wildman–Crippen LogP) is 2.21. The van der Waals surface area contributed by atoms with Crippen molar-refractivity contribution in [3.8, 4) is 0 Å². The normalized spacial score (nSPS) is 21.9. The molecule has 128 valence electrons. The molecule has 0 unspecified atom stereocenters. The lowest BCUT2D eigenvalue weighted by Gasteiger charge is -2.22. The fourth-order valence-electron chi connectivity index (χ4n) is 3.88. The first-order valence-electron chi connectivity index (χ1n) is 8.15. The van der Waals surface area contributed by atoms with Gasteiger partial charge in [-0.15, -0.1) is 0 Å². The average molecular weight is 339 g/mol. The van der Waals surface area contributed by atoms with Crippen LogP contribution in [-0.4, -0.2) is 29.8 Å². The van der Waals surface area contributed by atoms with E-state index in [1.54, 1.807) is 6.07 Å². The lowest BCUT2D eigenvalue weighted by molar-refractivity contribution is -0.140. The fraction of sp³-hybridized carbons (Fsp3) is 0.316. The number of nitrogens with zero attached hydrogens (tertiary/aromatic N) is 1. The van der Waals surface area contributed by atoms with E-state index in [4.69, 9.17) is 4.42 Å². The van der Waals surface area contributed by atoms with E-state index in [0.717, 1.165) is 17.5 Å². The number of hydrogen-bond acceptors (Lipinski definition) is 5. The van der Waals surface area contributed by atoms with Gasteiger partial charge in [0.2, 0.25) is 17.6 Å². The number of esters is 1. The van der Waals surface area contributed by atoms with Crippen LogP contribution in [0.15, 0.2) is 40.8 Å². The van der Waals surface area contributed by atoms with Gasteiger partial charge in [0, 0.05) is 6.42 Å². The van der Waals surface area contributed by atoms with Crippen LogP contribution in [0.2, 0.25) is 0 Å². The van der Waals surface area contributed by atoms with Crippen LogP contribution in [0.4, 0.5) is 0 Å². The van der Waals surface area contributed by atoms with Gasteiger partial charge in [0.1, 0.15) is 5.76 Å². The Morgan fingerprint density at radius 1 is 1.24 bits per heavy atom. The largest absolute Gasteiger partial charge is 0.463 e. The third-order valence-corrected chi connectivity index (χ3v) is 5.12. The van der Waals surface area contributed by atoms with Crippen molar-refractivity contribution in [1.29, 1.82) is 0 Å². The lowest BCUT2D eigenvalue weighted by Crippen LogP contribution is -2.36. The Morgan fingerprint density at radius 3 is 2.84 bits per heavy atom. The third-order valence-electron chi connectivity index (χ3n) is 5.12. The standard InChI is InChI=1S/C19H17NO5/c1-24-17(22)15-7-6-13(25-15)11-20-16(21)10-19(18(20)23)9-8-12-4-2-3-5-14(12)19/h2-7H,8-11H2,1H3/t19-/m0/s1. The molecule has 1 atom stereocenters. The molecule has 1 spiro atoms. The Labute approximate surface area is 144 Å². The summed E-state index contributed by atoms with van der Waals surface area (Å²) < 4.78 is 9.99. The number of aryl methyl sites for hydroxylation is 1. The number of furan rings is 1. The first-order chi connectivity index (χ1) is 12.0. The lowest BCUT2D eigenvalue weighted by atomic mass is 9.80. The number of methoxy groups -OCH3 is 1. The quantitative estimate of drug-likeness (QED) is 0.633. The van der Waals surface area contributed by atoms with Gasteiger partial charge in [-0.25, -0.2) is 4.79 Å². The highest BCUT2D eigenvalue weighted by Crippen LogP contribution is 2.47. The zero-order chi connectivity index (χ0) is 17.6. The summed E-state index contributed by atoms with van der Waals surface area (Å²) >= 11 is 0. The fourth-order valence-corrected chi connectivity index (χ4v) is 3.88. The molecule has 0 N–H and O–H groups in total. The number of carbonyl (C=O) groups excluding carboxylic acids is 3. The number of fused-ring (bicyclic) bond motifs is 2. The van der Waals surface area contributed by atoms with Crippen LogP contribution < -0.4 is 0 Å². The molecule has 6 nitrogen and oxygen atoms in total. The number of hydrogen-bond donors (Lipinski definition) is 0. The van der Waals surface area contributed by atoms with Crippen molar-refractivity contribution in [3.63, 3.8) is 0 Å². The molecule has 1 fully saturated rings. The van der Waals surface area contributed by atoms with Crippen LogP contribution in [0, 0.1) is 0 Å². The van der Waals surface area contributed by atoms with Crippen molar-refractivity contribution in [1.82, 2.24) is 4.90 Å². The molecule has 1 aliphatic heterocycles. The molecule has 1 aliphatic carbocycles. The van der Waals surface area contributed by atoms with Gasteiger partial charge in [0.15, 0.2) is 0 Å². The zero-order valence-electron chi connectivity index (χ0n) is 13.8. The van der Waals surface area contributed by atoms with Crippen molar-refractivity contribution >= 4 is 17.8 Å². The van der Waals surface area contributed by atoms with E-state index in [2.05, 4.69) is 4.74 Å². The molecular formula is C19H17NO5. The third kappa shape index (κ3) is 2.28. The number of likely N-dealkylation sites (tertiary alicyclic amines) is 1. The van der Waals surface area contributed by atoms with Crippen LogP contribution in [0.1, 0.15) is 40.3 Å². The van der Waals surface area contributed by atoms with Crippen LogP contribution in [0.3, 0.4) is 0 Å². The predicted molar refractivity (Wildman–Crippen MR) is 86.7 cm³/mol. The minimum Gasteiger partial charge on any atom is -0.463 e. The van der Waals surface area contributed by atoms with Gasteiger partial charge < -0.3 is 9.15 Å². The minimum absolute atomic E-state index is 0.0264. The molecule has 6 heteroatoms. The summed E-state index contributed by atoms with van der Waals surface area (Å²) in [6.45, 7) is 0.0264. The molecule has 2 aromatic rings. The van der Waals surface area contributed by atoms with Crippen LogP contribution in [-0.2, 0) is 32.7 Å². The van der Waals surface area contributed by atoms with Crippen molar-refractivity contribution < 1.29 is 23.5 Å². The van der Waals surface area contributed by atoms with Gasteiger partial charge >= 0.3 is 5.97 Å². The van der Waals surface area contributed by atoms with E-state index in [1.165, 1.54) is 18.1 Å². The molecule has 0 radical (unpaired) electrons. The highest BCUT2D eigenvalue weighted by atomic mass is 16.5. The second-order valence-corrected chi connectivity index (χ2v) is 6.46. The van der Waals surface area contributed by atoms with Crippen molar-refractivity contribution in [3.05, 3.63) is 59.0 Å². The van der Waals surface area contributed by atoms with Gasteiger partial charge in [-0.2, -0.15) is 0 Å². The van der Waals surface area contributed by atoms with Crippen molar-refractivity contribution in [2.45, 2.75) is 31.2 Å². The van der Waals surface area contributed by atoms with Crippen LogP contribution in [0.5, 0.6) is 0 Å². The Hall–Kier alpha value is -2.89. The van der Waals surface area contributed by atoms with Crippen LogP contribution >= 0.6 is 0 Å². The van der Waals surface area contributed by atoms with Crippen molar-refractivity contribution in [2.75, 3.05) is 7.11 Å². The first kappa shape index (κ1) is 15.6. The topological polar surface area (TPSA) is 76.8 Å². The monoisotopic (exact) mass is 339 g/mol. The summed E-state index contributed by atoms with van der Waals surface area (Å²) in [7, 11) is 1.26. The number of ether oxygens (including phenoxy) is 1. The molecule has 2 heterocycles. The minimum atomic E-state index is -0.745. The summed E-state index contributed by atoms with van der Waals surface area (Å²) in [5, 5.41) is 0. The number of imide groups is 1. The second kappa shape index (κ2) is 5.58. The summed E-state index contributed by atoms with van der Waals surface area (Å²) in [5.41, 5.74) is 1.35. The van der Waals surface area contributed by atoms with E-state index >= 15 is 0 Å².